The summed E-state index contributed by atoms with van der Waals surface area (Å²) in [5.74, 6) is -2.24. The molecular formula is C25H29F2N7. The van der Waals surface area contributed by atoms with E-state index in [1.807, 2.05) is 69.3 Å². The van der Waals surface area contributed by atoms with Gasteiger partial charge in [-0.1, -0.05) is 75.7 Å². The first-order chi connectivity index (χ1) is 16.4. The molecule has 4 aromatic rings. The molecule has 0 aliphatic heterocycles. The van der Waals surface area contributed by atoms with Crippen molar-refractivity contribution in [3.8, 4) is 22.5 Å². The number of aromatic nitrogens is 7. The highest BCUT2D eigenvalue weighted by molar-refractivity contribution is 5.80. The van der Waals surface area contributed by atoms with Crippen molar-refractivity contribution in [3.05, 3.63) is 65.7 Å². The minimum absolute atomic E-state index is 0.0318. The Morgan fingerprint density at radius 1 is 1.03 bits per heavy atom. The maximum absolute atomic E-state index is 14.7. The molecule has 0 bridgehead atoms. The highest BCUT2D eigenvalue weighted by Crippen LogP contribution is 2.33. The minimum Gasteiger partial charge on any atom is -0.245 e. The lowest BCUT2D eigenvalue weighted by atomic mass is 9.98. The molecule has 0 radical (unpaired) electrons. The summed E-state index contributed by atoms with van der Waals surface area (Å²) in [6, 6.07) is 15.8. The van der Waals surface area contributed by atoms with E-state index >= 15 is 0 Å². The van der Waals surface area contributed by atoms with Gasteiger partial charge in [0.1, 0.15) is 5.82 Å². The summed E-state index contributed by atoms with van der Waals surface area (Å²) in [6.07, 6.45) is 1.70. The van der Waals surface area contributed by atoms with Crippen molar-refractivity contribution in [3.63, 3.8) is 0 Å². The molecule has 1 unspecified atom stereocenters. The van der Waals surface area contributed by atoms with Gasteiger partial charge in [-0.15, -0.1) is 15.3 Å². The van der Waals surface area contributed by atoms with E-state index in [9.17, 15) is 8.78 Å². The standard InChI is InChI=1S/C25H29F2N7/c1-4-6-15-25(26,27)24-28-23(17(3)5-2)34(31-24)16-18-11-13-19(14-12-18)20-9-7-8-10-21(20)22-29-32-33-30-22/h7-14,17H,4-6,15-16H2,1-3H3,(H,29,30,32,33). The van der Waals surface area contributed by atoms with Gasteiger partial charge in [-0.25, -0.2) is 9.67 Å². The molecule has 0 aliphatic carbocycles. The van der Waals surface area contributed by atoms with E-state index in [0.29, 0.717) is 31.0 Å². The van der Waals surface area contributed by atoms with Crippen LogP contribution in [-0.2, 0) is 12.5 Å². The van der Waals surface area contributed by atoms with Gasteiger partial charge in [0.05, 0.1) is 6.54 Å². The van der Waals surface area contributed by atoms with Crippen molar-refractivity contribution in [1.29, 1.82) is 0 Å². The molecule has 2 aromatic heterocycles. The fourth-order valence-corrected chi connectivity index (χ4v) is 3.85. The number of rotatable bonds is 10. The number of tetrazole rings is 1. The number of H-pyrrole nitrogens is 1. The number of hydrogen-bond acceptors (Lipinski definition) is 5. The number of unbranched alkanes of at least 4 members (excludes halogenated alkanes) is 1. The molecule has 9 heteroatoms. The van der Waals surface area contributed by atoms with Gasteiger partial charge < -0.3 is 0 Å². The smallest absolute Gasteiger partial charge is 0.245 e. The molecule has 2 aromatic carbocycles. The van der Waals surface area contributed by atoms with E-state index in [0.717, 1.165) is 28.7 Å². The monoisotopic (exact) mass is 465 g/mol. The summed E-state index contributed by atoms with van der Waals surface area (Å²) in [5.41, 5.74) is 3.81. The number of nitrogens with one attached hydrogen (secondary N) is 1. The maximum Gasteiger partial charge on any atom is 0.308 e. The van der Waals surface area contributed by atoms with E-state index in [4.69, 9.17) is 0 Å². The summed E-state index contributed by atoms with van der Waals surface area (Å²) in [6.45, 7) is 6.29. The van der Waals surface area contributed by atoms with Crippen LogP contribution in [0.4, 0.5) is 8.78 Å². The predicted molar refractivity (Wildman–Crippen MR) is 126 cm³/mol. The Morgan fingerprint density at radius 3 is 2.41 bits per heavy atom. The van der Waals surface area contributed by atoms with Gasteiger partial charge in [0.2, 0.25) is 11.6 Å². The van der Waals surface area contributed by atoms with Crippen molar-refractivity contribution in [2.24, 2.45) is 0 Å². The van der Waals surface area contributed by atoms with E-state index < -0.39 is 5.92 Å². The topological polar surface area (TPSA) is 85.2 Å². The number of aromatic amines is 1. The zero-order valence-electron chi connectivity index (χ0n) is 19.7. The van der Waals surface area contributed by atoms with Crippen LogP contribution in [0.3, 0.4) is 0 Å². The molecular weight excluding hydrogens is 436 g/mol. The van der Waals surface area contributed by atoms with Crippen LogP contribution < -0.4 is 0 Å². The van der Waals surface area contributed by atoms with Crippen molar-refractivity contribution in [2.75, 3.05) is 0 Å². The molecule has 0 aliphatic rings. The number of hydrogen-bond donors (Lipinski definition) is 1. The molecule has 4 rings (SSSR count). The molecule has 1 N–H and O–H groups in total. The van der Waals surface area contributed by atoms with Gasteiger partial charge in [-0.05, 0) is 34.7 Å². The summed E-state index contributed by atoms with van der Waals surface area (Å²) in [4.78, 5) is 4.29. The van der Waals surface area contributed by atoms with Crippen molar-refractivity contribution >= 4 is 0 Å². The van der Waals surface area contributed by atoms with Crippen molar-refractivity contribution in [2.45, 2.75) is 64.8 Å². The van der Waals surface area contributed by atoms with E-state index in [-0.39, 0.29) is 18.2 Å². The summed E-state index contributed by atoms with van der Waals surface area (Å²) < 4.78 is 31.0. The number of halogens is 2. The van der Waals surface area contributed by atoms with Gasteiger partial charge in [-0.3, -0.25) is 0 Å². The van der Waals surface area contributed by atoms with Gasteiger partial charge in [0.15, 0.2) is 0 Å². The van der Waals surface area contributed by atoms with Gasteiger partial charge in [-0.2, -0.15) is 14.0 Å². The molecule has 0 fully saturated rings. The molecule has 0 amide bonds. The Morgan fingerprint density at radius 2 is 1.76 bits per heavy atom. The second-order valence-corrected chi connectivity index (χ2v) is 8.55. The van der Waals surface area contributed by atoms with Crippen LogP contribution in [0, 0.1) is 0 Å². The zero-order valence-corrected chi connectivity index (χ0v) is 19.7. The third kappa shape index (κ3) is 5.03. The first-order valence-electron chi connectivity index (χ1n) is 11.7. The molecule has 7 nitrogen and oxygen atoms in total. The average Bonchev–Trinajstić information content (AvgIpc) is 3.54. The quantitative estimate of drug-likeness (QED) is 0.312. The number of benzene rings is 2. The lowest BCUT2D eigenvalue weighted by molar-refractivity contribution is -0.0245. The molecule has 2 heterocycles. The summed E-state index contributed by atoms with van der Waals surface area (Å²) >= 11 is 0. The second-order valence-electron chi connectivity index (χ2n) is 8.55. The average molecular weight is 466 g/mol. The molecule has 34 heavy (non-hydrogen) atoms. The fourth-order valence-electron chi connectivity index (χ4n) is 3.85. The molecule has 178 valence electrons. The molecule has 1 atom stereocenters. The number of nitrogens with zero attached hydrogens (tertiary/aromatic N) is 6. The predicted octanol–water partition coefficient (Wildman–Crippen LogP) is 5.97. The van der Waals surface area contributed by atoms with E-state index in [1.54, 1.807) is 4.68 Å². The van der Waals surface area contributed by atoms with Crippen LogP contribution in [-0.4, -0.2) is 35.4 Å². The molecule has 0 spiro atoms. The Bertz CT molecular complexity index is 1200. The third-order valence-corrected chi connectivity index (χ3v) is 6.04. The van der Waals surface area contributed by atoms with Crippen LogP contribution in [0.15, 0.2) is 48.5 Å². The minimum atomic E-state index is -3.02. The lowest BCUT2D eigenvalue weighted by Gasteiger charge is -2.12. The largest absolute Gasteiger partial charge is 0.308 e. The SMILES string of the molecule is CCCCC(F)(F)c1nc(C(C)CC)n(Cc2ccc(-c3ccccc3-c3nn[nH]n3)cc2)n1. The first kappa shape index (κ1) is 23.7. The molecule has 0 saturated carbocycles. The Labute approximate surface area is 197 Å². The Kier molecular flexibility index (Phi) is 7.09. The molecule has 0 saturated heterocycles. The third-order valence-electron chi connectivity index (χ3n) is 6.04. The van der Waals surface area contributed by atoms with Crippen LogP contribution >= 0.6 is 0 Å². The fraction of sp³-hybridized carbons (Fsp3) is 0.400. The highest BCUT2D eigenvalue weighted by Gasteiger charge is 2.37. The van der Waals surface area contributed by atoms with Gasteiger partial charge in [0.25, 0.3) is 0 Å². The first-order valence-corrected chi connectivity index (χ1v) is 11.7. The second kappa shape index (κ2) is 10.2. The highest BCUT2D eigenvalue weighted by atomic mass is 19.3. The number of alkyl halides is 2. The Balaban J connectivity index is 1.61. The maximum atomic E-state index is 14.7. The van der Waals surface area contributed by atoms with Crippen LogP contribution in [0.5, 0.6) is 0 Å². The lowest BCUT2D eigenvalue weighted by Crippen LogP contribution is -2.16. The van der Waals surface area contributed by atoms with Crippen LogP contribution in [0.2, 0.25) is 0 Å². The van der Waals surface area contributed by atoms with E-state index in [2.05, 4.69) is 30.7 Å². The van der Waals surface area contributed by atoms with Gasteiger partial charge in [0, 0.05) is 17.9 Å². The van der Waals surface area contributed by atoms with Crippen LogP contribution in [0.1, 0.15) is 69.6 Å². The van der Waals surface area contributed by atoms with E-state index in [1.165, 1.54) is 0 Å². The van der Waals surface area contributed by atoms with Crippen molar-refractivity contribution in [1.82, 2.24) is 35.4 Å². The summed E-state index contributed by atoms with van der Waals surface area (Å²) in [5, 5.41) is 18.6. The Hall–Kier alpha value is -3.49. The zero-order chi connectivity index (χ0) is 24.1. The summed E-state index contributed by atoms with van der Waals surface area (Å²) in [7, 11) is 0. The van der Waals surface area contributed by atoms with Crippen LogP contribution in [0.25, 0.3) is 22.5 Å². The normalized spacial score (nSPS) is 12.7. The van der Waals surface area contributed by atoms with Crippen molar-refractivity contribution < 1.29 is 8.78 Å². The van der Waals surface area contributed by atoms with Gasteiger partial charge >= 0.3 is 5.92 Å².